The van der Waals surface area contributed by atoms with Gasteiger partial charge in [-0.3, -0.25) is 4.79 Å². The van der Waals surface area contributed by atoms with Crippen LogP contribution in [0.4, 0.5) is 0 Å². The number of esters is 1. The van der Waals surface area contributed by atoms with Gasteiger partial charge < -0.3 is 4.74 Å². The minimum atomic E-state index is -0.157. The summed E-state index contributed by atoms with van der Waals surface area (Å²) in [7, 11) is 0. The van der Waals surface area contributed by atoms with Crippen molar-refractivity contribution in [3.63, 3.8) is 0 Å². The van der Waals surface area contributed by atoms with Crippen molar-refractivity contribution in [3.8, 4) is 0 Å². The Morgan fingerprint density at radius 3 is 2.50 bits per heavy atom. The third-order valence-corrected chi connectivity index (χ3v) is 2.96. The van der Waals surface area contributed by atoms with Crippen LogP contribution < -0.4 is 0 Å². The molecule has 0 spiro atoms. The molecular weight excluding hydrogens is 224 g/mol. The van der Waals surface area contributed by atoms with Crippen molar-refractivity contribution in [2.75, 3.05) is 0 Å². The zero-order valence-corrected chi connectivity index (χ0v) is 12.0. The SMILES string of the molecule is C=C/C=C\CCCCCCCC(CC)OC(C)=O. The number of carbonyl (C=O) groups is 1. The van der Waals surface area contributed by atoms with Gasteiger partial charge in [0.15, 0.2) is 0 Å². The van der Waals surface area contributed by atoms with E-state index in [9.17, 15) is 4.79 Å². The molecule has 0 rings (SSSR count). The van der Waals surface area contributed by atoms with E-state index < -0.39 is 0 Å². The summed E-state index contributed by atoms with van der Waals surface area (Å²) < 4.78 is 5.21. The van der Waals surface area contributed by atoms with Crippen LogP contribution in [0.15, 0.2) is 24.8 Å². The van der Waals surface area contributed by atoms with E-state index in [0.717, 1.165) is 25.7 Å². The highest BCUT2D eigenvalue weighted by atomic mass is 16.5. The fraction of sp³-hybridized carbons (Fsp3) is 0.688. The largest absolute Gasteiger partial charge is 0.463 e. The molecular formula is C16H28O2. The molecule has 0 aromatic carbocycles. The first-order valence-corrected chi connectivity index (χ1v) is 7.15. The summed E-state index contributed by atoms with van der Waals surface area (Å²) in [5, 5.41) is 0. The predicted molar refractivity (Wildman–Crippen MR) is 77.5 cm³/mol. The first kappa shape index (κ1) is 16.9. The Kier molecular flexibility index (Phi) is 11.7. The lowest BCUT2D eigenvalue weighted by molar-refractivity contribution is -0.146. The van der Waals surface area contributed by atoms with Crippen molar-refractivity contribution in [2.24, 2.45) is 0 Å². The van der Waals surface area contributed by atoms with Crippen LogP contribution in [-0.4, -0.2) is 12.1 Å². The van der Waals surface area contributed by atoms with Gasteiger partial charge in [0.2, 0.25) is 0 Å². The van der Waals surface area contributed by atoms with E-state index in [4.69, 9.17) is 4.74 Å². The highest BCUT2D eigenvalue weighted by molar-refractivity contribution is 5.66. The molecule has 0 saturated carbocycles. The zero-order valence-electron chi connectivity index (χ0n) is 12.0. The molecule has 0 saturated heterocycles. The van der Waals surface area contributed by atoms with Gasteiger partial charge in [-0.15, -0.1) is 0 Å². The smallest absolute Gasteiger partial charge is 0.302 e. The van der Waals surface area contributed by atoms with Crippen LogP contribution >= 0.6 is 0 Å². The molecule has 0 heterocycles. The average molecular weight is 252 g/mol. The Morgan fingerprint density at radius 1 is 1.22 bits per heavy atom. The van der Waals surface area contributed by atoms with Crippen LogP contribution in [-0.2, 0) is 9.53 Å². The number of hydrogen-bond acceptors (Lipinski definition) is 2. The lowest BCUT2D eigenvalue weighted by Gasteiger charge is -2.14. The second kappa shape index (κ2) is 12.4. The van der Waals surface area contributed by atoms with Crippen molar-refractivity contribution in [1.82, 2.24) is 0 Å². The quantitative estimate of drug-likeness (QED) is 0.300. The Labute approximate surface area is 112 Å². The lowest BCUT2D eigenvalue weighted by Crippen LogP contribution is -2.14. The molecule has 0 aliphatic heterocycles. The number of ether oxygens (including phenoxy) is 1. The number of unbranched alkanes of at least 4 members (excludes halogenated alkanes) is 5. The summed E-state index contributed by atoms with van der Waals surface area (Å²) in [5.41, 5.74) is 0. The molecule has 18 heavy (non-hydrogen) atoms. The fourth-order valence-corrected chi connectivity index (χ4v) is 1.94. The van der Waals surface area contributed by atoms with Crippen molar-refractivity contribution >= 4 is 5.97 Å². The van der Waals surface area contributed by atoms with Gasteiger partial charge in [0, 0.05) is 6.92 Å². The van der Waals surface area contributed by atoms with E-state index in [-0.39, 0.29) is 12.1 Å². The number of allylic oxidation sites excluding steroid dienone is 3. The normalized spacial score (nSPS) is 12.6. The maximum atomic E-state index is 10.8. The molecule has 0 aromatic heterocycles. The van der Waals surface area contributed by atoms with E-state index in [2.05, 4.69) is 19.6 Å². The van der Waals surface area contributed by atoms with Gasteiger partial charge in [-0.1, -0.05) is 51.0 Å². The van der Waals surface area contributed by atoms with Gasteiger partial charge in [0.25, 0.3) is 0 Å². The Hall–Kier alpha value is -1.05. The van der Waals surface area contributed by atoms with Gasteiger partial charge in [0.05, 0.1) is 0 Å². The molecule has 0 aliphatic rings. The monoisotopic (exact) mass is 252 g/mol. The first-order chi connectivity index (χ1) is 8.70. The molecule has 0 radical (unpaired) electrons. The second-order valence-electron chi connectivity index (χ2n) is 4.65. The van der Waals surface area contributed by atoms with Crippen LogP contribution in [0.1, 0.15) is 65.2 Å². The minimum absolute atomic E-state index is 0.123. The molecule has 0 amide bonds. The first-order valence-electron chi connectivity index (χ1n) is 7.15. The van der Waals surface area contributed by atoms with Crippen LogP contribution in [0, 0.1) is 0 Å². The number of hydrogen-bond donors (Lipinski definition) is 0. The van der Waals surface area contributed by atoms with Gasteiger partial charge >= 0.3 is 5.97 Å². The summed E-state index contributed by atoms with van der Waals surface area (Å²) in [4.78, 5) is 10.8. The Morgan fingerprint density at radius 2 is 1.89 bits per heavy atom. The predicted octanol–water partition coefficient (Wildman–Crippen LogP) is 4.80. The van der Waals surface area contributed by atoms with Crippen molar-refractivity contribution in [3.05, 3.63) is 24.8 Å². The summed E-state index contributed by atoms with van der Waals surface area (Å²) in [6.45, 7) is 7.20. The van der Waals surface area contributed by atoms with Crippen LogP contribution in [0.5, 0.6) is 0 Å². The summed E-state index contributed by atoms with van der Waals surface area (Å²) in [5.74, 6) is -0.157. The summed E-state index contributed by atoms with van der Waals surface area (Å²) >= 11 is 0. The molecule has 0 aromatic rings. The second-order valence-corrected chi connectivity index (χ2v) is 4.65. The number of rotatable bonds is 11. The topological polar surface area (TPSA) is 26.3 Å². The van der Waals surface area contributed by atoms with E-state index in [1.165, 1.54) is 32.6 Å². The van der Waals surface area contributed by atoms with Crippen molar-refractivity contribution in [2.45, 2.75) is 71.3 Å². The molecule has 1 atom stereocenters. The molecule has 0 fully saturated rings. The highest BCUT2D eigenvalue weighted by Gasteiger charge is 2.08. The van der Waals surface area contributed by atoms with Crippen LogP contribution in [0.25, 0.3) is 0 Å². The zero-order chi connectivity index (χ0) is 13.6. The third-order valence-electron chi connectivity index (χ3n) is 2.96. The van der Waals surface area contributed by atoms with Crippen LogP contribution in [0.2, 0.25) is 0 Å². The van der Waals surface area contributed by atoms with Gasteiger partial charge in [-0.25, -0.2) is 0 Å². The molecule has 1 unspecified atom stereocenters. The highest BCUT2D eigenvalue weighted by Crippen LogP contribution is 2.12. The average Bonchev–Trinajstić information content (AvgIpc) is 2.35. The maximum Gasteiger partial charge on any atom is 0.302 e. The molecule has 2 nitrogen and oxygen atoms in total. The van der Waals surface area contributed by atoms with E-state index >= 15 is 0 Å². The van der Waals surface area contributed by atoms with Crippen LogP contribution in [0.3, 0.4) is 0 Å². The third kappa shape index (κ3) is 11.4. The van der Waals surface area contributed by atoms with E-state index in [1.807, 2.05) is 12.2 Å². The van der Waals surface area contributed by atoms with Gasteiger partial charge in [-0.05, 0) is 32.1 Å². The molecule has 0 N–H and O–H groups in total. The van der Waals surface area contributed by atoms with Gasteiger partial charge in [0.1, 0.15) is 6.10 Å². The van der Waals surface area contributed by atoms with Gasteiger partial charge in [-0.2, -0.15) is 0 Å². The Balaban J connectivity index is 3.35. The standard InChI is InChI=1S/C16H28O2/c1-4-6-7-8-9-10-11-12-13-14-16(5-2)18-15(3)17/h4,6-7,16H,1,5,8-14H2,2-3H3/b7-6-. The summed E-state index contributed by atoms with van der Waals surface area (Å²) in [6, 6.07) is 0. The lowest BCUT2D eigenvalue weighted by atomic mass is 10.1. The summed E-state index contributed by atoms with van der Waals surface area (Å²) in [6.07, 6.45) is 15.4. The maximum absolute atomic E-state index is 10.8. The minimum Gasteiger partial charge on any atom is -0.463 e. The van der Waals surface area contributed by atoms with Crippen molar-refractivity contribution < 1.29 is 9.53 Å². The fourth-order valence-electron chi connectivity index (χ4n) is 1.94. The van der Waals surface area contributed by atoms with Crippen molar-refractivity contribution in [1.29, 1.82) is 0 Å². The van der Waals surface area contributed by atoms with E-state index in [0.29, 0.717) is 0 Å². The Bertz CT molecular complexity index is 243. The number of carbonyl (C=O) groups excluding carboxylic acids is 1. The molecule has 104 valence electrons. The molecule has 2 heteroatoms. The molecule has 0 aliphatic carbocycles. The molecule has 0 bridgehead atoms. The van der Waals surface area contributed by atoms with E-state index in [1.54, 1.807) is 0 Å².